The molecule has 0 N–H and O–H groups in total. The first-order valence-electron chi connectivity index (χ1n) is 12.0. The molecule has 2 aromatic heterocycles. The standard InChI is InChI=1S/C26H28F3N3O4S/c1-2-35-25(34)19-7-4-10-32(14-19)24(33)22-17-36-23(30-22)16-31(15-21-9-5-11-37-21)13-18-6-3-8-20(12-18)26(27,28)29/h3,5-6,8-9,11-12,17,19H,2,4,7,10,13-16H2,1H3/t19-/m1/s1. The number of carbonyl (C=O) groups excluding carboxylic acids is 2. The van der Waals surface area contributed by atoms with E-state index in [1.54, 1.807) is 29.2 Å². The fourth-order valence-corrected chi connectivity index (χ4v) is 5.09. The maximum Gasteiger partial charge on any atom is 0.416 e. The van der Waals surface area contributed by atoms with Gasteiger partial charge < -0.3 is 14.1 Å². The second-order valence-corrected chi connectivity index (χ2v) is 9.92. The zero-order valence-electron chi connectivity index (χ0n) is 20.4. The van der Waals surface area contributed by atoms with Gasteiger partial charge in [-0.2, -0.15) is 13.2 Å². The van der Waals surface area contributed by atoms with Gasteiger partial charge in [-0.1, -0.05) is 24.3 Å². The Labute approximate surface area is 216 Å². The second-order valence-electron chi connectivity index (χ2n) is 8.89. The molecule has 7 nitrogen and oxygen atoms in total. The van der Waals surface area contributed by atoms with Gasteiger partial charge >= 0.3 is 12.1 Å². The van der Waals surface area contributed by atoms with Gasteiger partial charge in [0.2, 0.25) is 5.89 Å². The van der Waals surface area contributed by atoms with Crippen molar-refractivity contribution >= 4 is 23.2 Å². The van der Waals surface area contributed by atoms with Gasteiger partial charge in [0.15, 0.2) is 5.69 Å². The van der Waals surface area contributed by atoms with Crippen LogP contribution in [0.3, 0.4) is 0 Å². The molecule has 0 radical (unpaired) electrons. The van der Waals surface area contributed by atoms with Crippen LogP contribution >= 0.6 is 11.3 Å². The van der Waals surface area contributed by atoms with Crippen LogP contribution in [0.15, 0.2) is 52.5 Å². The van der Waals surface area contributed by atoms with E-state index < -0.39 is 11.7 Å². The summed E-state index contributed by atoms with van der Waals surface area (Å²) in [6.45, 7) is 3.73. The minimum absolute atomic E-state index is 0.134. The highest BCUT2D eigenvalue weighted by Gasteiger charge is 2.32. The van der Waals surface area contributed by atoms with E-state index in [-0.39, 0.29) is 49.0 Å². The van der Waals surface area contributed by atoms with Crippen LogP contribution < -0.4 is 0 Å². The van der Waals surface area contributed by atoms with Crippen LogP contribution in [0.5, 0.6) is 0 Å². The predicted octanol–water partition coefficient (Wildman–Crippen LogP) is 5.37. The van der Waals surface area contributed by atoms with Gasteiger partial charge in [0.25, 0.3) is 5.91 Å². The predicted molar refractivity (Wildman–Crippen MR) is 130 cm³/mol. The summed E-state index contributed by atoms with van der Waals surface area (Å²) in [4.78, 5) is 34.1. The number of alkyl halides is 3. The first kappa shape index (κ1) is 26.9. The Hall–Kier alpha value is -3.18. The molecule has 1 fully saturated rings. The number of carbonyl (C=O) groups is 2. The van der Waals surface area contributed by atoms with Crippen molar-refractivity contribution in [2.45, 2.75) is 45.6 Å². The van der Waals surface area contributed by atoms with Crippen molar-refractivity contribution in [3.05, 3.63) is 75.6 Å². The van der Waals surface area contributed by atoms with Gasteiger partial charge in [-0.15, -0.1) is 11.3 Å². The topological polar surface area (TPSA) is 75.9 Å². The van der Waals surface area contributed by atoms with Crippen LogP contribution in [0.1, 0.15) is 52.1 Å². The molecule has 11 heteroatoms. The first-order chi connectivity index (χ1) is 17.7. The van der Waals surface area contributed by atoms with E-state index in [1.165, 1.54) is 12.3 Å². The summed E-state index contributed by atoms with van der Waals surface area (Å²) in [5, 5.41) is 1.93. The quantitative estimate of drug-likeness (QED) is 0.343. The molecule has 0 spiro atoms. The minimum Gasteiger partial charge on any atom is -0.466 e. The van der Waals surface area contributed by atoms with Crippen LogP contribution in [-0.4, -0.2) is 46.4 Å². The largest absolute Gasteiger partial charge is 0.466 e. The third-order valence-corrected chi connectivity index (χ3v) is 6.94. The first-order valence-corrected chi connectivity index (χ1v) is 12.9. The van der Waals surface area contributed by atoms with Crippen LogP contribution in [0.2, 0.25) is 0 Å². The molecule has 0 saturated carbocycles. The molecule has 1 saturated heterocycles. The number of ether oxygens (including phenoxy) is 1. The molecule has 3 aromatic rings. The summed E-state index contributed by atoms with van der Waals surface area (Å²) < 4.78 is 50.3. The van der Waals surface area contributed by atoms with Crippen molar-refractivity contribution in [2.24, 2.45) is 5.92 Å². The summed E-state index contributed by atoms with van der Waals surface area (Å²) in [6.07, 6.45) is -1.78. The Balaban J connectivity index is 1.46. The molecular formula is C26H28F3N3O4S. The van der Waals surface area contributed by atoms with Crippen LogP contribution in [0, 0.1) is 5.92 Å². The van der Waals surface area contributed by atoms with Crippen LogP contribution in [0.25, 0.3) is 0 Å². The molecule has 3 heterocycles. The van der Waals surface area contributed by atoms with E-state index in [2.05, 4.69) is 4.98 Å². The van der Waals surface area contributed by atoms with E-state index in [9.17, 15) is 22.8 Å². The fraction of sp³-hybridized carbons (Fsp3) is 0.423. The maximum atomic E-state index is 13.2. The normalized spacial score (nSPS) is 16.2. The van der Waals surface area contributed by atoms with Gasteiger partial charge in [-0.25, -0.2) is 4.98 Å². The molecule has 0 unspecified atom stereocenters. The fourth-order valence-electron chi connectivity index (χ4n) is 4.34. The number of esters is 1. The van der Waals surface area contributed by atoms with Crippen molar-refractivity contribution < 1.29 is 31.9 Å². The number of nitrogens with zero attached hydrogens (tertiary/aromatic N) is 3. The second kappa shape index (κ2) is 11.9. The van der Waals surface area contributed by atoms with Gasteiger partial charge in [0.05, 0.1) is 24.6 Å². The molecule has 1 aliphatic rings. The lowest BCUT2D eigenvalue weighted by Crippen LogP contribution is -2.43. The smallest absolute Gasteiger partial charge is 0.416 e. The Morgan fingerprint density at radius 1 is 1.22 bits per heavy atom. The van der Waals surface area contributed by atoms with Crippen LogP contribution in [0.4, 0.5) is 13.2 Å². The van der Waals surface area contributed by atoms with Crippen molar-refractivity contribution in [3.63, 3.8) is 0 Å². The number of amides is 1. The summed E-state index contributed by atoms with van der Waals surface area (Å²) in [6, 6.07) is 9.09. The van der Waals surface area contributed by atoms with Gasteiger partial charge in [0, 0.05) is 31.1 Å². The van der Waals surface area contributed by atoms with Gasteiger partial charge in [-0.3, -0.25) is 14.5 Å². The highest BCUT2D eigenvalue weighted by Crippen LogP contribution is 2.30. The molecule has 1 amide bonds. The highest BCUT2D eigenvalue weighted by molar-refractivity contribution is 7.09. The third kappa shape index (κ3) is 7.20. The molecule has 37 heavy (non-hydrogen) atoms. The molecule has 1 aliphatic heterocycles. The minimum atomic E-state index is -4.42. The SMILES string of the molecule is CCOC(=O)[C@@H]1CCCN(C(=O)c2coc(CN(Cc3cccc(C(F)(F)F)c3)Cc3cccs3)n2)C1. The van der Waals surface area contributed by atoms with Gasteiger partial charge in [0.1, 0.15) is 6.26 Å². The monoisotopic (exact) mass is 535 g/mol. The molecule has 1 atom stereocenters. The molecule has 0 bridgehead atoms. The molecule has 0 aliphatic carbocycles. The van der Waals surface area contributed by atoms with Crippen molar-refractivity contribution in [2.75, 3.05) is 19.7 Å². The summed E-state index contributed by atoms with van der Waals surface area (Å²) >= 11 is 1.54. The summed E-state index contributed by atoms with van der Waals surface area (Å²) in [5.41, 5.74) is -0.0602. The average Bonchev–Trinajstić information content (AvgIpc) is 3.56. The van der Waals surface area contributed by atoms with E-state index in [4.69, 9.17) is 9.15 Å². The number of aromatic nitrogens is 1. The van der Waals surface area contributed by atoms with Crippen molar-refractivity contribution in [1.29, 1.82) is 0 Å². The summed E-state index contributed by atoms with van der Waals surface area (Å²) in [5.74, 6) is -0.713. The Bertz CT molecular complexity index is 1200. The van der Waals surface area contributed by atoms with E-state index >= 15 is 0 Å². The molecule has 198 valence electrons. The number of hydrogen-bond donors (Lipinski definition) is 0. The average molecular weight is 536 g/mol. The Morgan fingerprint density at radius 3 is 2.78 bits per heavy atom. The Morgan fingerprint density at radius 2 is 2.05 bits per heavy atom. The zero-order chi connectivity index (χ0) is 26.4. The lowest BCUT2D eigenvalue weighted by Gasteiger charge is -2.30. The Kier molecular flexibility index (Phi) is 8.65. The number of rotatable bonds is 9. The molecule has 1 aromatic carbocycles. The number of halogens is 3. The zero-order valence-corrected chi connectivity index (χ0v) is 21.2. The van der Waals surface area contributed by atoms with Gasteiger partial charge in [-0.05, 0) is 42.8 Å². The number of hydrogen-bond acceptors (Lipinski definition) is 7. The van der Waals surface area contributed by atoms with Crippen molar-refractivity contribution in [3.8, 4) is 0 Å². The molecular weight excluding hydrogens is 507 g/mol. The lowest BCUT2D eigenvalue weighted by atomic mass is 9.98. The number of likely N-dealkylation sites (tertiary alicyclic amines) is 1. The maximum absolute atomic E-state index is 13.2. The van der Waals surface area contributed by atoms with E-state index in [0.29, 0.717) is 38.1 Å². The number of piperidine rings is 1. The molecule has 4 rings (SSSR count). The third-order valence-electron chi connectivity index (χ3n) is 6.08. The van der Waals surface area contributed by atoms with Crippen molar-refractivity contribution in [1.82, 2.24) is 14.8 Å². The highest BCUT2D eigenvalue weighted by atomic mass is 32.1. The lowest BCUT2D eigenvalue weighted by molar-refractivity contribution is -0.149. The van der Waals surface area contributed by atoms with E-state index in [1.807, 2.05) is 22.4 Å². The van der Waals surface area contributed by atoms with E-state index in [0.717, 1.165) is 17.0 Å². The summed E-state index contributed by atoms with van der Waals surface area (Å²) in [7, 11) is 0. The van der Waals surface area contributed by atoms with Crippen LogP contribution in [-0.2, 0) is 35.3 Å². The number of oxazole rings is 1. The number of thiophene rings is 1. The number of benzene rings is 1.